The van der Waals surface area contributed by atoms with E-state index in [1.54, 1.807) is 0 Å². The molecule has 7 aromatic rings. The third kappa shape index (κ3) is 2.42. The number of fused-ring (bicyclic) bond motifs is 4. The first-order valence-electron chi connectivity index (χ1n) is 11.7. The van der Waals surface area contributed by atoms with Gasteiger partial charge in [-0.2, -0.15) is 0 Å². The fourth-order valence-corrected chi connectivity index (χ4v) is 6.85. The zero-order valence-corrected chi connectivity index (χ0v) is 19.5. The van der Waals surface area contributed by atoms with Crippen LogP contribution in [0.2, 0.25) is 0 Å². The first-order chi connectivity index (χ1) is 16.7. The van der Waals surface area contributed by atoms with E-state index in [1.807, 2.05) is 23.7 Å². The van der Waals surface area contributed by atoms with E-state index in [2.05, 4.69) is 95.3 Å². The number of nitrogens with zero attached hydrogens (tertiary/aromatic N) is 2. The summed E-state index contributed by atoms with van der Waals surface area (Å²) in [6, 6.07) is 29.3. The Bertz CT molecular complexity index is 1940. The molecule has 4 aromatic carbocycles. The molecule has 0 unspecified atom stereocenters. The van der Waals surface area contributed by atoms with Crippen molar-refractivity contribution in [3.63, 3.8) is 0 Å². The maximum Gasteiger partial charge on any atom is 0.0547 e. The number of aryl methyl sites for hydroxylation is 1. The summed E-state index contributed by atoms with van der Waals surface area (Å²) in [7, 11) is 0. The first kappa shape index (κ1) is 18.5. The molecule has 0 spiro atoms. The van der Waals surface area contributed by atoms with Crippen LogP contribution >= 0.6 is 11.3 Å². The van der Waals surface area contributed by atoms with Crippen LogP contribution in [-0.4, -0.2) is 9.55 Å². The topological polar surface area (TPSA) is 17.8 Å². The van der Waals surface area contributed by atoms with Gasteiger partial charge in [0, 0.05) is 44.3 Å². The standard InChI is InChI=1S/C31H20N2S/c1-18-11-23(16-26-24-9-10-32-17-29(24)34-31(18)26)33-27-15-21(20-5-3-2-4-6-20)7-8-25(27)30-22-12-19(13-22)14-28(30)33/h2-12,14-17H,13H2,1H3. The molecule has 160 valence electrons. The number of hydrogen-bond acceptors (Lipinski definition) is 2. The number of benzene rings is 4. The molecule has 0 fully saturated rings. The van der Waals surface area contributed by atoms with Crippen LogP contribution in [0, 0.1) is 6.92 Å². The highest BCUT2D eigenvalue weighted by Crippen LogP contribution is 2.43. The summed E-state index contributed by atoms with van der Waals surface area (Å²) >= 11 is 1.84. The number of aromatic nitrogens is 2. The lowest BCUT2D eigenvalue weighted by Gasteiger charge is -2.18. The quantitative estimate of drug-likeness (QED) is 0.257. The summed E-state index contributed by atoms with van der Waals surface area (Å²) in [6.07, 6.45) is 4.98. The van der Waals surface area contributed by atoms with E-state index in [0.717, 1.165) is 6.42 Å². The first-order valence-corrected chi connectivity index (χ1v) is 12.5. The largest absolute Gasteiger partial charge is 0.309 e. The molecule has 3 heteroatoms. The van der Waals surface area contributed by atoms with Crippen LogP contribution in [-0.2, 0) is 6.42 Å². The predicted molar refractivity (Wildman–Crippen MR) is 144 cm³/mol. The number of pyridine rings is 1. The number of hydrogen-bond donors (Lipinski definition) is 0. The molecule has 34 heavy (non-hydrogen) atoms. The maximum atomic E-state index is 4.35. The number of rotatable bonds is 2. The van der Waals surface area contributed by atoms with Crippen LogP contribution in [0.5, 0.6) is 0 Å². The Morgan fingerprint density at radius 2 is 1.68 bits per heavy atom. The second kappa shape index (κ2) is 6.55. The van der Waals surface area contributed by atoms with Crippen molar-refractivity contribution in [3.8, 4) is 16.8 Å². The van der Waals surface area contributed by atoms with Crippen LogP contribution in [0.3, 0.4) is 0 Å². The lowest BCUT2D eigenvalue weighted by atomic mass is 9.88. The van der Waals surface area contributed by atoms with Gasteiger partial charge >= 0.3 is 0 Å². The normalized spacial score (nSPS) is 12.7. The highest BCUT2D eigenvalue weighted by atomic mass is 32.1. The van der Waals surface area contributed by atoms with Crippen molar-refractivity contribution >= 4 is 53.3 Å². The Labute approximate surface area is 200 Å². The Morgan fingerprint density at radius 1 is 0.794 bits per heavy atom. The zero-order valence-electron chi connectivity index (χ0n) is 18.7. The molecule has 2 nitrogen and oxygen atoms in total. The van der Waals surface area contributed by atoms with Gasteiger partial charge in [-0.1, -0.05) is 48.5 Å². The Hall–Kier alpha value is -3.95. The van der Waals surface area contributed by atoms with Crippen molar-refractivity contribution < 1.29 is 0 Å². The number of thiophene rings is 1. The highest BCUT2D eigenvalue weighted by molar-refractivity contribution is 7.26. The van der Waals surface area contributed by atoms with Gasteiger partial charge in [-0.25, -0.2) is 0 Å². The van der Waals surface area contributed by atoms with Gasteiger partial charge in [0.25, 0.3) is 0 Å². The van der Waals surface area contributed by atoms with Crippen LogP contribution in [0.1, 0.15) is 16.7 Å². The van der Waals surface area contributed by atoms with Gasteiger partial charge < -0.3 is 4.57 Å². The highest BCUT2D eigenvalue weighted by Gasteiger charge is 2.22. The SMILES string of the molecule is Cc1cc(-n2c3cc(-c4ccccc4)ccc3c3c4cc(cc32)C4)cc2c1sc1cnccc12. The second-order valence-corrected chi connectivity index (χ2v) is 10.4. The Balaban J connectivity index is 1.50. The van der Waals surface area contributed by atoms with E-state index < -0.39 is 0 Å². The smallest absolute Gasteiger partial charge is 0.0547 e. The molecule has 0 saturated carbocycles. The van der Waals surface area contributed by atoms with Crippen molar-refractivity contribution in [2.75, 3.05) is 0 Å². The van der Waals surface area contributed by atoms with Crippen LogP contribution in [0.25, 0.3) is 58.8 Å². The van der Waals surface area contributed by atoms with E-state index in [0.29, 0.717) is 0 Å². The summed E-state index contributed by atoms with van der Waals surface area (Å²) < 4.78 is 5.09. The molecule has 2 bridgehead atoms. The molecule has 0 amide bonds. The lowest BCUT2D eigenvalue weighted by Crippen LogP contribution is -2.03. The van der Waals surface area contributed by atoms with E-state index in [9.17, 15) is 0 Å². The van der Waals surface area contributed by atoms with Crippen LogP contribution in [0.4, 0.5) is 0 Å². The van der Waals surface area contributed by atoms with Gasteiger partial charge in [0.1, 0.15) is 0 Å². The van der Waals surface area contributed by atoms with Crippen molar-refractivity contribution in [1.29, 1.82) is 0 Å². The second-order valence-electron chi connectivity index (χ2n) is 9.37. The fraction of sp³-hybridized carbons (Fsp3) is 0.0645. The molecule has 9 rings (SSSR count). The molecule has 3 heterocycles. The minimum Gasteiger partial charge on any atom is -0.309 e. The Morgan fingerprint density at radius 3 is 2.56 bits per heavy atom. The third-order valence-electron chi connectivity index (χ3n) is 7.31. The van der Waals surface area contributed by atoms with Crippen LogP contribution in [0.15, 0.2) is 91.3 Å². The lowest BCUT2D eigenvalue weighted by molar-refractivity contribution is 1.10. The van der Waals surface area contributed by atoms with E-state index in [-0.39, 0.29) is 0 Å². The van der Waals surface area contributed by atoms with Crippen molar-refractivity contribution in [2.24, 2.45) is 0 Å². The minimum atomic E-state index is 1.09. The zero-order chi connectivity index (χ0) is 22.4. The monoisotopic (exact) mass is 452 g/mol. The molecule has 0 radical (unpaired) electrons. The van der Waals surface area contributed by atoms with Gasteiger partial charge in [0.15, 0.2) is 0 Å². The molecular weight excluding hydrogens is 432 g/mol. The summed E-state index contributed by atoms with van der Waals surface area (Å²) in [5, 5.41) is 5.36. The summed E-state index contributed by atoms with van der Waals surface area (Å²) in [5.74, 6) is 0. The maximum absolute atomic E-state index is 4.35. The van der Waals surface area contributed by atoms with E-state index in [4.69, 9.17) is 0 Å². The van der Waals surface area contributed by atoms with Gasteiger partial charge in [0.2, 0.25) is 0 Å². The van der Waals surface area contributed by atoms with Gasteiger partial charge in [0.05, 0.1) is 15.7 Å². The van der Waals surface area contributed by atoms with Crippen molar-refractivity contribution in [2.45, 2.75) is 13.3 Å². The van der Waals surface area contributed by atoms with Crippen LogP contribution < -0.4 is 0 Å². The molecule has 0 saturated heterocycles. The Kier molecular flexibility index (Phi) is 3.56. The molecule has 2 aliphatic carbocycles. The summed E-state index contributed by atoms with van der Waals surface area (Å²) in [5.41, 5.74) is 10.5. The fourth-order valence-electron chi connectivity index (χ4n) is 5.73. The molecule has 0 atom stereocenters. The summed E-state index contributed by atoms with van der Waals surface area (Å²) in [4.78, 5) is 4.35. The summed E-state index contributed by atoms with van der Waals surface area (Å²) in [6.45, 7) is 2.24. The molecule has 0 aliphatic heterocycles. The predicted octanol–water partition coefficient (Wildman–Crippen LogP) is 8.43. The average molecular weight is 453 g/mol. The average Bonchev–Trinajstić information content (AvgIpc) is 3.40. The third-order valence-corrected chi connectivity index (χ3v) is 8.61. The minimum absolute atomic E-state index is 1.09. The van der Waals surface area contributed by atoms with E-state index >= 15 is 0 Å². The van der Waals surface area contributed by atoms with Gasteiger partial charge in [-0.05, 0) is 71.5 Å². The molecular formula is C31H20N2S. The van der Waals surface area contributed by atoms with Crippen molar-refractivity contribution in [1.82, 2.24) is 9.55 Å². The molecule has 3 aromatic heterocycles. The molecule has 2 aliphatic rings. The molecule has 0 N–H and O–H groups in total. The van der Waals surface area contributed by atoms with Crippen molar-refractivity contribution in [3.05, 3.63) is 108 Å². The van der Waals surface area contributed by atoms with Gasteiger partial charge in [-0.3, -0.25) is 4.98 Å². The van der Waals surface area contributed by atoms with Gasteiger partial charge in [-0.15, -0.1) is 11.3 Å². The van der Waals surface area contributed by atoms with E-state index in [1.165, 1.54) is 75.5 Å².